The Kier molecular flexibility index (Phi) is 5.64. The molecule has 0 aliphatic carbocycles. The topological polar surface area (TPSA) is 98.5 Å². The van der Waals surface area contributed by atoms with Gasteiger partial charge in [-0.05, 0) is 6.92 Å². The second-order valence-electron chi connectivity index (χ2n) is 4.31. The molecule has 0 aromatic heterocycles. The quantitative estimate of drug-likeness (QED) is 0.479. The fourth-order valence-electron chi connectivity index (χ4n) is 1.72. The van der Waals surface area contributed by atoms with Crippen molar-refractivity contribution in [3.05, 3.63) is 39.9 Å². The maximum absolute atomic E-state index is 11.8. The molecule has 20 heavy (non-hydrogen) atoms. The van der Waals surface area contributed by atoms with E-state index in [-0.39, 0.29) is 24.4 Å². The standard InChI is InChI=1S/C13H16N2O5/c1-9(7-13(17)20-2)14-12(16)8-10-5-3-4-6-11(10)15(18)19/h3-6,9H,7-8H2,1-2H3,(H,14,16). The Balaban J connectivity index is 2.63. The van der Waals surface area contributed by atoms with Gasteiger partial charge in [-0.2, -0.15) is 0 Å². The van der Waals surface area contributed by atoms with Gasteiger partial charge in [-0.1, -0.05) is 18.2 Å². The van der Waals surface area contributed by atoms with E-state index in [0.717, 1.165) is 0 Å². The predicted molar refractivity (Wildman–Crippen MR) is 71.0 cm³/mol. The van der Waals surface area contributed by atoms with Crippen molar-refractivity contribution in [2.24, 2.45) is 0 Å². The molecule has 1 aromatic rings. The number of para-hydroxylation sites is 1. The van der Waals surface area contributed by atoms with E-state index in [1.54, 1.807) is 19.1 Å². The summed E-state index contributed by atoms with van der Waals surface area (Å²) in [5, 5.41) is 13.4. The molecular weight excluding hydrogens is 264 g/mol. The van der Waals surface area contributed by atoms with Gasteiger partial charge >= 0.3 is 5.97 Å². The van der Waals surface area contributed by atoms with Crippen LogP contribution in [0.3, 0.4) is 0 Å². The Morgan fingerprint density at radius 1 is 1.40 bits per heavy atom. The third kappa shape index (κ3) is 4.68. The number of nitrogens with one attached hydrogen (secondary N) is 1. The number of carbonyl (C=O) groups excluding carboxylic acids is 2. The molecule has 1 aromatic carbocycles. The van der Waals surface area contributed by atoms with Crippen molar-refractivity contribution in [2.75, 3.05) is 7.11 Å². The van der Waals surface area contributed by atoms with Gasteiger partial charge in [-0.15, -0.1) is 0 Å². The van der Waals surface area contributed by atoms with E-state index < -0.39 is 16.9 Å². The van der Waals surface area contributed by atoms with Crippen LogP contribution in [0.5, 0.6) is 0 Å². The average molecular weight is 280 g/mol. The summed E-state index contributed by atoms with van der Waals surface area (Å²) in [7, 11) is 1.27. The van der Waals surface area contributed by atoms with Gasteiger partial charge in [0.15, 0.2) is 0 Å². The van der Waals surface area contributed by atoms with Gasteiger partial charge in [-0.25, -0.2) is 0 Å². The summed E-state index contributed by atoms with van der Waals surface area (Å²) >= 11 is 0. The summed E-state index contributed by atoms with van der Waals surface area (Å²) in [5.41, 5.74) is 0.239. The molecule has 7 nitrogen and oxygen atoms in total. The molecule has 0 bridgehead atoms. The smallest absolute Gasteiger partial charge is 0.307 e. The molecule has 0 spiro atoms. The number of nitro groups is 1. The summed E-state index contributed by atoms with van der Waals surface area (Å²) in [4.78, 5) is 33.1. The number of benzene rings is 1. The molecule has 0 radical (unpaired) electrons. The maximum Gasteiger partial charge on any atom is 0.307 e. The average Bonchev–Trinajstić information content (AvgIpc) is 2.38. The van der Waals surface area contributed by atoms with Crippen molar-refractivity contribution in [2.45, 2.75) is 25.8 Å². The lowest BCUT2D eigenvalue weighted by Gasteiger charge is -2.12. The third-order valence-electron chi connectivity index (χ3n) is 2.65. The Hall–Kier alpha value is -2.44. The predicted octanol–water partition coefficient (Wildman–Crippen LogP) is 1.21. The second-order valence-corrected chi connectivity index (χ2v) is 4.31. The first-order chi connectivity index (χ1) is 9.43. The largest absolute Gasteiger partial charge is 0.469 e. The summed E-state index contributed by atoms with van der Waals surface area (Å²) in [6.45, 7) is 1.66. The van der Waals surface area contributed by atoms with Crippen LogP contribution < -0.4 is 5.32 Å². The van der Waals surface area contributed by atoms with E-state index >= 15 is 0 Å². The van der Waals surface area contributed by atoms with E-state index in [4.69, 9.17) is 0 Å². The van der Waals surface area contributed by atoms with Crippen molar-refractivity contribution < 1.29 is 19.2 Å². The maximum atomic E-state index is 11.8. The number of nitrogens with zero attached hydrogens (tertiary/aromatic N) is 1. The molecule has 1 unspecified atom stereocenters. The first kappa shape index (κ1) is 15.6. The van der Waals surface area contributed by atoms with Crippen LogP contribution in [0.1, 0.15) is 18.9 Å². The van der Waals surface area contributed by atoms with Crippen molar-refractivity contribution >= 4 is 17.6 Å². The molecule has 0 aliphatic rings. The van der Waals surface area contributed by atoms with Crippen LogP contribution in [0.2, 0.25) is 0 Å². The zero-order chi connectivity index (χ0) is 15.1. The van der Waals surface area contributed by atoms with Gasteiger partial charge in [-0.3, -0.25) is 19.7 Å². The lowest BCUT2D eigenvalue weighted by Crippen LogP contribution is -2.35. The highest BCUT2D eigenvalue weighted by Crippen LogP contribution is 2.18. The molecule has 0 saturated carbocycles. The van der Waals surface area contributed by atoms with Gasteiger partial charge in [0, 0.05) is 17.7 Å². The molecular formula is C13H16N2O5. The van der Waals surface area contributed by atoms with Crippen molar-refractivity contribution in [3.63, 3.8) is 0 Å². The van der Waals surface area contributed by atoms with Gasteiger partial charge in [0.2, 0.25) is 5.91 Å². The van der Waals surface area contributed by atoms with E-state index in [2.05, 4.69) is 10.1 Å². The number of carbonyl (C=O) groups is 2. The molecule has 0 saturated heterocycles. The molecule has 0 aliphatic heterocycles. The number of esters is 1. The number of hydrogen-bond acceptors (Lipinski definition) is 5. The lowest BCUT2D eigenvalue weighted by molar-refractivity contribution is -0.385. The SMILES string of the molecule is COC(=O)CC(C)NC(=O)Cc1ccccc1[N+](=O)[O-]. The number of amides is 1. The minimum absolute atomic E-state index is 0.0547. The number of methoxy groups -OCH3 is 1. The van der Waals surface area contributed by atoms with Crippen molar-refractivity contribution in [3.8, 4) is 0 Å². The van der Waals surface area contributed by atoms with Crippen LogP contribution in [0.4, 0.5) is 5.69 Å². The van der Waals surface area contributed by atoms with Crippen LogP contribution in [0.25, 0.3) is 0 Å². The first-order valence-electron chi connectivity index (χ1n) is 6.02. The number of rotatable bonds is 6. The van der Waals surface area contributed by atoms with Crippen molar-refractivity contribution in [1.29, 1.82) is 0 Å². The Bertz CT molecular complexity index is 515. The Morgan fingerprint density at radius 3 is 2.65 bits per heavy atom. The molecule has 0 heterocycles. The molecule has 108 valence electrons. The van der Waals surface area contributed by atoms with Crippen LogP contribution >= 0.6 is 0 Å². The van der Waals surface area contributed by atoms with E-state index in [0.29, 0.717) is 5.56 Å². The highest BCUT2D eigenvalue weighted by atomic mass is 16.6. The fourth-order valence-corrected chi connectivity index (χ4v) is 1.72. The fraction of sp³-hybridized carbons (Fsp3) is 0.385. The summed E-state index contributed by atoms with van der Waals surface area (Å²) in [5.74, 6) is -0.806. The minimum atomic E-state index is -0.527. The zero-order valence-corrected chi connectivity index (χ0v) is 11.3. The number of nitro benzene ring substituents is 1. The molecule has 0 fully saturated rings. The first-order valence-corrected chi connectivity index (χ1v) is 6.02. The minimum Gasteiger partial charge on any atom is -0.469 e. The van der Waals surface area contributed by atoms with Crippen LogP contribution in [-0.2, 0) is 20.7 Å². The number of ether oxygens (including phenoxy) is 1. The van der Waals surface area contributed by atoms with Crippen LogP contribution in [0.15, 0.2) is 24.3 Å². The normalized spacial score (nSPS) is 11.5. The van der Waals surface area contributed by atoms with Crippen LogP contribution in [-0.4, -0.2) is 30.0 Å². The highest BCUT2D eigenvalue weighted by Gasteiger charge is 2.17. The molecule has 7 heteroatoms. The lowest BCUT2D eigenvalue weighted by atomic mass is 10.1. The zero-order valence-electron chi connectivity index (χ0n) is 11.3. The Morgan fingerprint density at radius 2 is 2.05 bits per heavy atom. The third-order valence-corrected chi connectivity index (χ3v) is 2.65. The number of hydrogen-bond donors (Lipinski definition) is 1. The van der Waals surface area contributed by atoms with Gasteiger partial charge in [0.05, 0.1) is 24.9 Å². The summed E-state index contributed by atoms with van der Waals surface area (Å²) in [6, 6.07) is 5.66. The van der Waals surface area contributed by atoms with E-state index in [9.17, 15) is 19.7 Å². The van der Waals surface area contributed by atoms with Crippen LogP contribution in [0, 0.1) is 10.1 Å². The monoisotopic (exact) mass is 280 g/mol. The Labute approximate surface area is 116 Å². The second kappa shape index (κ2) is 7.22. The summed E-state index contributed by atoms with van der Waals surface area (Å²) < 4.78 is 4.49. The van der Waals surface area contributed by atoms with Gasteiger partial charge < -0.3 is 10.1 Å². The molecule has 1 rings (SSSR count). The van der Waals surface area contributed by atoms with E-state index in [1.807, 2.05) is 0 Å². The van der Waals surface area contributed by atoms with E-state index in [1.165, 1.54) is 19.2 Å². The molecule has 1 amide bonds. The van der Waals surface area contributed by atoms with Crippen molar-refractivity contribution in [1.82, 2.24) is 5.32 Å². The highest BCUT2D eigenvalue weighted by molar-refractivity contribution is 5.80. The van der Waals surface area contributed by atoms with Gasteiger partial charge in [0.1, 0.15) is 0 Å². The molecule has 1 N–H and O–H groups in total. The molecule has 1 atom stereocenters. The van der Waals surface area contributed by atoms with Gasteiger partial charge in [0.25, 0.3) is 5.69 Å². The summed E-state index contributed by atoms with van der Waals surface area (Å²) in [6.07, 6.45) is -0.0538.